The number of carbonyl (C=O) groups excluding carboxylic acids is 1. The fourth-order valence-corrected chi connectivity index (χ4v) is 4.83. The molecule has 1 amide bonds. The van der Waals surface area contributed by atoms with E-state index in [1.54, 1.807) is 23.1 Å². The maximum absolute atomic E-state index is 12.7. The summed E-state index contributed by atoms with van der Waals surface area (Å²) in [6.07, 6.45) is 0. The van der Waals surface area contributed by atoms with E-state index in [4.69, 9.17) is 21.3 Å². The minimum Gasteiger partial charge on any atom is -0.482 e. The number of thiazole rings is 1. The summed E-state index contributed by atoms with van der Waals surface area (Å²) in [5, 5.41) is 12.7. The lowest BCUT2D eigenvalue weighted by Crippen LogP contribution is -2.38. The summed E-state index contributed by atoms with van der Waals surface area (Å²) in [6, 6.07) is 19.7. The minimum absolute atomic E-state index is 0.0711. The molecule has 0 spiro atoms. The first-order valence-electron chi connectivity index (χ1n) is 10.1. The number of nitrogens with zero attached hydrogens (tertiary/aromatic N) is 2. The Morgan fingerprint density at radius 3 is 2.79 bits per heavy atom. The Hall–Kier alpha value is -3.68. The second-order valence-corrected chi connectivity index (χ2v) is 8.74. The first-order chi connectivity index (χ1) is 16.0. The van der Waals surface area contributed by atoms with Crippen LogP contribution in [0.5, 0.6) is 5.75 Å². The van der Waals surface area contributed by atoms with Crippen LogP contribution in [0.1, 0.15) is 15.9 Å². The molecule has 0 radical (unpaired) electrons. The normalized spacial score (nSPS) is 12.9. The standard InChI is InChI=1S/C25H17ClN2O4S/c26-19-7-2-1-6-18(19)24-27-20(14-33-24)16-8-9-22-21(11-16)28(23(29)13-32-22)12-15-4-3-5-17(10-15)25(30)31/h1-11,14H,12-13H2,(H,30,31). The van der Waals surface area contributed by atoms with E-state index < -0.39 is 5.97 Å². The van der Waals surface area contributed by atoms with E-state index in [0.717, 1.165) is 27.4 Å². The van der Waals surface area contributed by atoms with Gasteiger partial charge in [0, 0.05) is 16.5 Å². The molecule has 33 heavy (non-hydrogen) atoms. The number of carboxylic acid groups (broad SMARTS) is 1. The van der Waals surface area contributed by atoms with Gasteiger partial charge in [-0.2, -0.15) is 0 Å². The summed E-state index contributed by atoms with van der Waals surface area (Å²) in [7, 11) is 0. The fraction of sp³-hybridized carbons (Fsp3) is 0.0800. The predicted molar refractivity (Wildman–Crippen MR) is 128 cm³/mol. The molecule has 1 aromatic heterocycles. The third kappa shape index (κ3) is 4.20. The predicted octanol–water partition coefficient (Wildman–Crippen LogP) is 5.75. The summed E-state index contributed by atoms with van der Waals surface area (Å²) in [6.45, 7) is 0.167. The first kappa shape index (κ1) is 21.2. The van der Waals surface area contributed by atoms with Gasteiger partial charge < -0.3 is 14.7 Å². The molecule has 8 heteroatoms. The highest BCUT2D eigenvalue weighted by molar-refractivity contribution is 7.13. The van der Waals surface area contributed by atoms with Crippen LogP contribution in [0.15, 0.2) is 72.1 Å². The quantitative estimate of drug-likeness (QED) is 0.396. The molecule has 0 aliphatic carbocycles. The van der Waals surface area contributed by atoms with E-state index in [0.29, 0.717) is 16.5 Å². The monoisotopic (exact) mass is 476 g/mol. The molecule has 3 aromatic carbocycles. The van der Waals surface area contributed by atoms with Crippen molar-refractivity contribution >= 4 is 40.5 Å². The Bertz CT molecular complexity index is 1380. The molecule has 0 atom stereocenters. The average Bonchev–Trinajstić information content (AvgIpc) is 3.31. The maximum Gasteiger partial charge on any atom is 0.335 e. The van der Waals surface area contributed by atoms with E-state index >= 15 is 0 Å². The number of hydrogen-bond donors (Lipinski definition) is 1. The van der Waals surface area contributed by atoms with Crippen molar-refractivity contribution in [2.45, 2.75) is 6.54 Å². The summed E-state index contributed by atoms with van der Waals surface area (Å²) >= 11 is 7.82. The molecule has 6 nitrogen and oxygen atoms in total. The topological polar surface area (TPSA) is 79.7 Å². The van der Waals surface area contributed by atoms with Crippen molar-refractivity contribution in [1.82, 2.24) is 4.98 Å². The van der Waals surface area contributed by atoms with Crippen LogP contribution in [0.2, 0.25) is 5.02 Å². The van der Waals surface area contributed by atoms with Crippen LogP contribution in [-0.2, 0) is 11.3 Å². The van der Waals surface area contributed by atoms with Gasteiger partial charge in [0.2, 0.25) is 0 Å². The van der Waals surface area contributed by atoms with Gasteiger partial charge >= 0.3 is 5.97 Å². The number of aromatic carboxylic acids is 1. The molecule has 0 saturated carbocycles. The smallest absolute Gasteiger partial charge is 0.335 e. The van der Waals surface area contributed by atoms with Gasteiger partial charge in [0.15, 0.2) is 6.61 Å². The Morgan fingerprint density at radius 2 is 1.97 bits per heavy atom. The number of aromatic nitrogens is 1. The number of halogens is 1. The largest absolute Gasteiger partial charge is 0.482 e. The van der Waals surface area contributed by atoms with Crippen molar-refractivity contribution in [1.29, 1.82) is 0 Å². The number of hydrogen-bond acceptors (Lipinski definition) is 5. The molecule has 0 unspecified atom stereocenters. The van der Waals surface area contributed by atoms with Crippen molar-refractivity contribution < 1.29 is 19.4 Å². The highest BCUT2D eigenvalue weighted by Crippen LogP contribution is 2.39. The fourth-order valence-electron chi connectivity index (χ4n) is 3.68. The van der Waals surface area contributed by atoms with Crippen molar-refractivity contribution in [3.8, 4) is 27.6 Å². The van der Waals surface area contributed by atoms with E-state index in [9.17, 15) is 14.7 Å². The second kappa shape index (κ2) is 8.69. The van der Waals surface area contributed by atoms with Crippen molar-refractivity contribution in [2.75, 3.05) is 11.5 Å². The summed E-state index contributed by atoms with van der Waals surface area (Å²) < 4.78 is 5.63. The lowest BCUT2D eigenvalue weighted by molar-refractivity contribution is -0.121. The van der Waals surface area contributed by atoms with E-state index in [1.807, 2.05) is 47.8 Å². The van der Waals surface area contributed by atoms with Gasteiger partial charge in [-0.3, -0.25) is 4.79 Å². The van der Waals surface area contributed by atoms with Gasteiger partial charge in [0.05, 0.1) is 28.5 Å². The molecule has 0 fully saturated rings. The average molecular weight is 477 g/mol. The summed E-state index contributed by atoms with van der Waals surface area (Å²) in [5.74, 6) is -0.615. The van der Waals surface area contributed by atoms with Crippen LogP contribution in [0, 0.1) is 0 Å². The number of rotatable bonds is 5. The van der Waals surface area contributed by atoms with Gasteiger partial charge in [-0.15, -0.1) is 11.3 Å². The zero-order chi connectivity index (χ0) is 22.9. The lowest BCUT2D eigenvalue weighted by atomic mass is 10.1. The molecule has 5 rings (SSSR count). The lowest BCUT2D eigenvalue weighted by Gasteiger charge is -2.30. The number of amides is 1. The third-order valence-corrected chi connectivity index (χ3v) is 6.53. The number of carboxylic acids is 1. The molecule has 164 valence electrons. The maximum atomic E-state index is 12.7. The molecule has 1 aliphatic heterocycles. The number of anilines is 1. The number of benzene rings is 3. The van der Waals surface area contributed by atoms with Crippen LogP contribution < -0.4 is 9.64 Å². The summed E-state index contributed by atoms with van der Waals surface area (Å²) in [5.41, 5.74) is 3.99. The van der Waals surface area contributed by atoms with Gasteiger partial charge in [-0.1, -0.05) is 41.9 Å². The molecule has 0 bridgehead atoms. The van der Waals surface area contributed by atoms with Crippen LogP contribution in [0.25, 0.3) is 21.8 Å². The number of carbonyl (C=O) groups is 2. The zero-order valence-electron chi connectivity index (χ0n) is 17.2. The van der Waals surface area contributed by atoms with Crippen LogP contribution in [-0.4, -0.2) is 28.6 Å². The van der Waals surface area contributed by atoms with Crippen LogP contribution in [0.4, 0.5) is 5.69 Å². The Morgan fingerprint density at radius 1 is 1.12 bits per heavy atom. The highest BCUT2D eigenvalue weighted by Gasteiger charge is 2.26. The first-order valence-corrected chi connectivity index (χ1v) is 11.4. The van der Waals surface area contributed by atoms with Crippen molar-refractivity contribution in [3.63, 3.8) is 0 Å². The molecule has 0 saturated heterocycles. The van der Waals surface area contributed by atoms with E-state index in [-0.39, 0.29) is 24.6 Å². The molecule has 4 aromatic rings. The van der Waals surface area contributed by atoms with Crippen LogP contribution >= 0.6 is 22.9 Å². The van der Waals surface area contributed by atoms with Crippen LogP contribution in [0.3, 0.4) is 0 Å². The van der Waals surface area contributed by atoms with Gasteiger partial charge in [0.25, 0.3) is 5.91 Å². The number of fused-ring (bicyclic) bond motifs is 1. The van der Waals surface area contributed by atoms with Gasteiger partial charge in [-0.25, -0.2) is 9.78 Å². The Labute approximate surface area is 198 Å². The van der Waals surface area contributed by atoms with Crippen molar-refractivity contribution in [3.05, 3.63) is 88.3 Å². The van der Waals surface area contributed by atoms with Gasteiger partial charge in [-0.05, 0) is 42.0 Å². The van der Waals surface area contributed by atoms with E-state index in [1.165, 1.54) is 17.4 Å². The molecule has 1 N–H and O–H groups in total. The molecule has 1 aliphatic rings. The molecular weight excluding hydrogens is 460 g/mol. The van der Waals surface area contributed by atoms with Gasteiger partial charge in [0.1, 0.15) is 10.8 Å². The zero-order valence-corrected chi connectivity index (χ0v) is 18.8. The SMILES string of the molecule is O=C(O)c1cccc(CN2C(=O)COc3ccc(-c4csc(-c5ccccc5Cl)n4)cc32)c1. The van der Waals surface area contributed by atoms with Crippen molar-refractivity contribution in [2.24, 2.45) is 0 Å². The molecule has 2 heterocycles. The van der Waals surface area contributed by atoms with E-state index in [2.05, 4.69) is 0 Å². The highest BCUT2D eigenvalue weighted by atomic mass is 35.5. The number of ether oxygens (including phenoxy) is 1. The Kier molecular flexibility index (Phi) is 5.58. The third-order valence-electron chi connectivity index (χ3n) is 5.32. The second-order valence-electron chi connectivity index (χ2n) is 7.47. The summed E-state index contributed by atoms with van der Waals surface area (Å²) in [4.78, 5) is 30.4. The minimum atomic E-state index is -1.01. The Balaban J connectivity index is 1.49. The molecular formula is C25H17ClN2O4S.